The summed E-state index contributed by atoms with van der Waals surface area (Å²) in [7, 11) is 0. The second-order valence-corrected chi connectivity index (χ2v) is 6.37. The first kappa shape index (κ1) is 15.3. The van der Waals surface area contributed by atoms with Crippen molar-refractivity contribution in [2.24, 2.45) is 17.1 Å². The average Bonchev–Trinajstić information content (AvgIpc) is 2.81. The van der Waals surface area contributed by atoms with E-state index in [4.69, 9.17) is 5.73 Å². The van der Waals surface area contributed by atoms with Crippen LogP contribution in [0.15, 0.2) is 0 Å². The van der Waals surface area contributed by atoms with Gasteiger partial charge >= 0.3 is 5.97 Å². The number of nitrogens with zero attached hydrogens (tertiary/aromatic N) is 1. The third-order valence-corrected chi connectivity index (χ3v) is 4.90. The number of aliphatic hydroxyl groups is 1. The van der Waals surface area contributed by atoms with Gasteiger partial charge in [0.1, 0.15) is 6.04 Å². The molecule has 2 rings (SSSR count). The molecular weight excluding hydrogens is 260 g/mol. The van der Waals surface area contributed by atoms with Crippen LogP contribution in [0.5, 0.6) is 0 Å². The summed E-state index contributed by atoms with van der Waals surface area (Å²) >= 11 is 0. The number of carbonyl (C=O) groups excluding carboxylic acids is 1. The van der Waals surface area contributed by atoms with Crippen molar-refractivity contribution in [1.29, 1.82) is 0 Å². The zero-order valence-electron chi connectivity index (χ0n) is 11.9. The van der Waals surface area contributed by atoms with Crippen LogP contribution in [0.25, 0.3) is 0 Å². The highest BCUT2D eigenvalue weighted by Crippen LogP contribution is 2.40. The Morgan fingerprint density at radius 2 is 1.95 bits per heavy atom. The van der Waals surface area contributed by atoms with E-state index in [1.807, 2.05) is 0 Å². The maximum Gasteiger partial charge on any atom is 0.326 e. The fourth-order valence-corrected chi connectivity index (χ4v) is 3.40. The van der Waals surface area contributed by atoms with E-state index in [2.05, 4.69) is 6.92 Å². The van der Waals surface area contributed by atoms with E-state index in [0.717, 1.165) is 12.8 Å². The van der Waals surface area contributed by atoms with Gasteiger partial charge in [-0.05, 0) is 31.6 Å². The zero-order valence-corrected chi connectivity index (χ0v) is 11.9. The van der Waals surface area contributed by atoms with Crippen molar-refractivity contribution >= 4 is 11.9 Å². The van der Waals surface area contributed by atoms with E-state index in [1.54, 1.807) is 0 Å². The number of amides is 1. The van der Waals surface area contributed by atoms with Crippen molar-refractivity contribution in [2.75, 3.05) is 13.1 Å². The lowest BCUT2D eigenvalue weighted by Gasteiger charge is -2.40. The minimum absolute atomic E-state index is 0.104. The van der Waals surface area contributed by atoms with Crippen LogP contribution in [0.3, 0.4) is 0 Å². The molecule has 2 atom stereocenters. The van der Waals surface area contributed by atoms with Crippen molar-refractivity contribution in [2.45, 2.75) is 51.2 Å². The molecule has 0 aromatic heterocycles. The van der Waals surface area contributed by atoms with Gasteiger partial charge in [0.2, 0.25) is 5.91 Å². The Bertz CT molecular complexity index is 391. The number of hydrogen-bond donors (Lipinski definition) is 3. The van der Waals surface area contributed by atoms with Crippen LogP contribution in [0.4, 0.5) is 0 Å². The average molecular weight is 284 g/mol. The van der Waals surface area contributed by atoms with Crippen molar-refractivity contribution in [3.05, 3.63) is 0 Å². The lowest BCUT2D eigenvalue weighted by atomic mass is 9.70. The van der Waals surface area contributed by atoms with Crippen LogP contribution >= 0.6 is 0 Å². The van der Waals surface area contributed by atoms with E-state index in [0.29, 0.717) is 18.8 Å². The Labute approximate surface area is 118 Å². The molecule has 0 unspecified atom stereocenters. The molecule has 114 valence electrons. The van der Waals surface area contributed by atoms with Crippen LogP contribution in [0.1, 0.15) is 39.0 Å². The Morgan fingerprint density at radius 3 is 2.45 bits per heavy atom. The number of β-amino-alcohol motifs (C(OH)–C–C–N with tert-alkyl or cyclic N) is 1. The second-order valence-electron chi connectivity index (χ2n) is 6.37. The second kappa shape index (κ2) is 5.69. The number of rotatable bonds is 3. The van der Waals surface area contributed by atoms with Crippen LogP contribution in [-0.2, 0) is 9.59 Å². The van der Waals surface area contributed by atoms with Crippen LogP contribution in [-0.4, -0.2) is 52.2 Å². The first-order valence-corrected chi connectivity index (χ1v) is 7.31. The van der Waals surface area contributed by atoms with E-state index < -0.39 is 23.5 Å². The number of carbonyl (C=O) groups is 2. The lowest BCUT2D eigenvalue weighted by molar-refractivity contribution is -0.154. The summed E-state index contributed by atoms with van der Waals surface area (Å²) in [5.41, 5.74) is 5.22. The first-order chi connectivity index (χ1) is 9.39. The highest BCUT2D eigenvalue weighted by Gasteiger charge is 2.48. The van der Waals surface area contributed by atoms with Crippen LogP contribution in [0, 0.1) is 11.3 Å². The topological polar surface area (TPSA) is 104 Å². The smallest absolute Gasteiger partial charge is 0.326 e. The quantitative estimate of drug-likeness (QED) is 0.686. The molecule has 1 heterocycles. The Kier molecular flexibility index (Phi) is 4.34. The van der Waals surface area contributed by atoms with Gasteiger partial charge in [0.25, 0.3) is 0 Å². The van der Waals surface area contributed by atoms with Crippen molar-refractivity contribution in [1.82, 2.24) is 4.90 Å². The maximum absolute atomic E-state index is 12.8. The van der Waals surface area contributed by atoms with Crippen molar-refractivity contribution < 1.29 is 19.8 Å². The molecule has 6 heteroatoms. The SMILES string of the molecule is CC1CCC(CN)(C(=O)N2C[C@H](O)C[C@@H]2C(=O)O)CC1. The molecule has 0 aromatic carbocycles. The van der Waals surface area contributed by atoms with Gasteiger partial charge in [-0.2, -0.15) is 0 Å². The molecule has 6 nitrogen and oxygen atoms in total. The maximum atomic E-state index is 12.8. The van der Waals surface area contributed by atoms with Crippen molar-refractivity contribution in [3.8, 4) is 0 Å². The molecular formula is C14H24N2O4. The molecule has 1 saturated heterocycles. The molecule has 0 aromatic rings. The zero-order chi connectivity index (χ0) is 14.9. The third-order valence-electron chi connectivity index (χ3n) is 4.90. The predicted octanol–water partition coefficient (Wildman–Crippen LogP) is 0.188. The van der Waals surface area contributed by atoms with E-state index in [9.17, 15) is 19.8 Å². The number of aliphatic hydroxyl groups excluding tert-OH is 1. The summed E-state index contributed by atoms with van der Waals surface area (Å²) in [6.45, 7) is 2.51. The molecule has 1 aliphatic carbocycles. The summed E-state index contributed by atoms with van der Waals surface area (Å²) in [5, 5.41) is 18.9. The summed E-state index contributed by atoms with van der Waals surface area (Å²) in [4.78, 5) is 25.4. The number of hydrogen-bond acceptors (Lipinski definition) is 4. The lowest BCUT2D eigenvalue weighted by Crippen LogP contribution is -2.52. The molecule has 20 heavy (non-hydrogen) atoms. The minimum atomic E-state index is -1.05. The molecule has 0 radical (unpaired) electrons. The minimum Gasteiger partial charge on any atom is -0.480 e. The summed E-state index contributed by atoms with van der Waals surface area (Å²) in [6, 6.07) is -0.916. The van der Waals surface area contributed by atoms with Gasteiger partial charge in [0.05, 0.1) is 11.5 Å². The Hall–Kier alpha value is -1.14. The number of nitrogens with two attached hydrogens (primary N) is 1. The number of likely N-dealkylation sites (tertiary alicyclic amines) is 1. The van der Waals surface area contributed by atoms with Gasteiger partial charge in [-0.25, -0.2) is 4.79 Å². The highest BCUT2D eigenvalue weighted by molar-refractivity contribution is 5.88. The normalized spacial score (nSPS) is 38.0. The highest BCUT2D eigenvalue weighted by atomic mass is 16.4. The van der Waals surface area contributed by atoms with Gasteiger partial charge in [-0.15, -0.1) is 0 Å². The van der Waals surface area contributed by atoms with Gasteiger partial charge in [-0.3, -0.25) is 4.79 Å². The van der Waals surface area contributed by atoms with Crippen molar-refractivity contribution in [3.63, 3.8) is 0 Å². The van der Waals surface area contributed by atoms with E-state index in [1.165, 1.54) is 4.90 Å². The third kappa shape index (κ3) is 2.67. The molecule has 0 bridgehead atoms. The predicted molar refractivity (Wildman–Crippen MR) is 72.9 cm³/mol. The number of carboxylic acid groups (broad SMARTS) is 1. The number of aliphatic carboxylic acids is 1. The van der Waals surface area contributed by atoms with Gasteiger partial charge in [0, 0.05) is 19.5 Å². The standard InChI is InChI=1S/C14H24N2O4/c1-9-2-4-14(8-15,5-3-9)13(20)16-7-10(17)6-11(16)12(18)19/h9-11,17H,2-8,15H2,1H3,(H,18,19)/t9?,10-,11-,14?/m1/s1. The molecule has 1 amide bonds. The summed E-state index contributed by atoms with van der Waals surface area (Å²) in [5.74, 6) is -0.649. The summed E-state index contributed by atoms with van der Waals surface area (Å²) < 4.78 is 0. The van der Waals surface area contributed by atoms with Gasteiger partial charge in [-0.1, -0.05) is 6.92 Å². The van der Waals surface area contributed by atoms with Crippen LogP contribution in [0.2, 0.25) is 0 Å². The fourth-order valence-electron chi connectivity index (χ4n) is 3.40. The molecule has 4 N–H and O–H groups in total. The molecule has 2 fully saturated rings. The largest absolute Gasteiger partial charge is 0.480 e. The number of carboxylic acids is 1. The summed E-state index contributed by atoms with van der Waals surface area (Å²) in [6.07, 6.45) is 2.66. The monoisotopic (exact) mass is 284 g/mol. The van der Waals surface area contributed by atoms with Gasteiger partial charge < -0.3 is 20.8 Å². The molecule has 2 aliphatic rings. The van der Waals surface area contributed by atoms with E-state index in [-0.39, 0.29) is 25.4 Å². The van der Waals surface area contributed by atoms with Crippen LogP contribution < -0.4 is 5.73 Å². The molecule has 0 spiro atoms. The Morgan fingerprint density at radius 1 is 1.35 bits per heavy atom. The molecule has 1 saturated carbocycles. The fraction of sp³-hybridized carbons (Fsp3) is 0.857. The Balaban J connectivity index is 2.18. The van der Waals surface area contributed by atoms with Gasteiger partial charge in [0.15, 0.2) is 0 Å². The molecule has 1 aliphatic heterocycles. The first-order valence-electron chi connectivity index (χ1n) is 7.31. The van der Waals surface area contributed by atoms with E-state index >= 15 is 0 Å².